The van der Waals surface area contributed by atoms with Crippen LogP contribution in [0.4, 0.5) is 17.6 Å². The van der Waals surface area contributed by atoms with Gasteiger partial charge < -0.3 is 10.2 Å². The molecule has 3 aromatic rings. The molecule has 3 heterocycles. The molecule has 7 nitrogen and oxygen atoms in total. The number of pyridine rings is 1. The molecule has 3 rings (SSSR count). The molecule has 122 valence electrons. The fourth-order valence-electron chi connectivity index (χ4n) is 2.08. The van der Waals surface area contributed by atoms with Gasteiger partial charge in [-0.2, -0.15) is 4.98 Å². The average Bonchev–Trinajstić information content (AvgIpc) is 2.61. The molecule has 0 aromatic carbocycles. The lowest BCUT2D eigenvalue weighted by atomic mass is 10.2. The van der Waals surface area contributed by atoms with E-state index in [-0.39, 0.29) is 5.28 Å². The second kappa shape index (κ2) is 7.65. The van der Waals surface area contributed by atoms with Crippen LogP contribution >= 0.6 is 11.6 Å². The zero-order valence-corrected chi connectivity index (χ0v) is 13.9. The number of likely N-dealkylation sites (N-methyl/N-ethyl adjacent to an activating group) is 1. The van der Waals surface area contributed by atoms with Gasteiger partial charge in [-0.05, 0) is 41.8 Å². The normalized spacial score (nSPS) is 10.4. The summed E-state index contributed by atoms with van der Waals surface area (Å²) in [6, 6.07) is 7.48. The molecule has 0 atom stereocenters. The van der Waals surface area contributed by atoms with Crippen LogP contribution in [0.5, 0.6) is 0 Å². The Bertz CT molecular complexity index is 797. The first-order valence-electron chi connectivity index (χ1n) is 7.39. The van der Waals surface area contributed by atoms with Crippen molar-refractivity contribution in [1.82, 2.24) is 24.9 Å². The Hall–Kier alpha value is -2.80. The first-order valence-corrected chi connectivity index (χ1v) is 7.77. The van der Waals surface area contributed by atoms with Crippen LogP contribution in [-0.2, 0) is 6.42 Å². The van der Waals surface area contributed by atoms with Crippen LogP contribution in [0.3, 0.4) is 0 Å². The zero-order valence-electron chi connectivity index (χ0n) is 13.1. The van der Waals surface area contributed by atoms with Gasteiger partial charge in [0.25, 0.3) is 0 Å². The molecule has 0 amide bonds. The minimum Gasteiger partial charge on any atom is -0.343 e. The highest BCUT2D eigenvalue weighted by molar-refractivity contribution is 6.28. The van der Waals surface area contributed by atoms with E-state index in [1.165, 1.54) is 5.56 Å². The van der Waals surface area contributed by atoms with Crippen molar-refractivity contribution in [3.8, 4) is 0 Å². The molecule has 0 aliphatic heterocycles. The second-order valence-electron chi connectivity index (χ2n) is 5.11. The summed E-state index contributed by atoms with van der Waals surface area (Å²) in [6.07, 6.45) is 7.79. The number of hydrogen-bond acceptors (Lipinski definition) is 7. The molecule has 8 heteroatoms. The quantitative estimate of drug-likeness (QED) is 0.690. The van der Waals surface area contributed by atoms with Gasteiger partial charge in [0.2, 0.25) is 11.2 Å². The molecule has 0 bridgehead atoms. The van der Waals surface area contributed by atoms with Gasteiger partial charge in [-0.15, -0.1) is 0 Å². The molecular formula is C16H16ClN7. The Balaban J connectivity index is 1.66. The van der Waals surface area contributed by atoms with Crippen LogP contribution in [0.2, 0.25) is 5.28 Å². The summed E-state index contributed by atoms with van der Waals surface area (Å²) >= 11 is 5.78. The maximum atomic E-state index is 5.78. The van der Waals surface area contributed by atoms with Gasteiger partial charge in [0.15, 0.2) is 0 Å². The lowest BCUT2D eigenvalue weighted by molar-refractivity contribution is 0.836. The largest absolute Gasteiger partial charge is 0.343 e. The lowest BCUT2D eigenvalue weighted by Gasteiger charge is -2.17. The van der Waals surface area contributed by atoms with Crippen molar-refractivity contribution in [3.05, 3.63) is 59.9 Å². The predicted molar refractivity (Wildman–Crippen MR) is 93.6 cm³/mol. The Kier molecular flexibility index (Phi) is 5.12. The summed E-state index contributed by atoms with van der Waals surface area (Å²) in [5.74, 6) is 1.85. The first-order chi connectivity index (χ1) is 11.7. The summed E-state index contributed by atoms with van der Waals surface area (Å²) < 4.78 is 0. The second-order valence-corrected chi connectivity index (χ2v) is 5.45. The number of nitrogens with zero attached hydrogens (tertiary/aromatic N) is 6. The van der Waals surface area contributed by atoms with Crippen molar-refractivity contribution in [3.63, 3.8) is 0 Å². The van der Waals surface area contributed by atoms with Crippen molar-refractivity contribution in [2.45, 2.75) is 6.42 Å². The molecule has 3 aromatic heterocycles. The minimum atomic E-state index is 0.183. The van der Waals surface area contributed by atoms with E-state index in [2.05, 4.69) is 36.3 Å². The molecule has 0 radical (unpaired) electrons. The van der Waals surface area contributed by atoms with Gasteiger partial charge in [-0.3, -0.25) is 4.98 Å². The minimum absolute atomic E-state index is 0.183. The lowest BCUT2D eigenvalue weighted by Crippen LogP contribution is -2.22. The van der Waals surface area contributed by atoms with E-state index in [0.717, 1.165) is 13.0 Å². The standard InChI is InChI=1S/C16H16ClN7/c1-24(10-6-12-3-2-7-18-11-12)16-20-9-5-14(23-16)21-13-4-8-19-15(17)22-13/h2-5,7-9,11H,6,10H2,1H3,(H,19,20,21,22,23). The van der Waals surface area contributed by atoms with E-state index in [1.54, 1.807) is 30.7 Å². The van der Waals surface area contributed by atoms with Gasteiger partial charge in [-0.1, -0.05) is 6.07 Å². The topological polar surface area (TPSA) is 79.7 Å². The number of rotatable bonds is 6. The van der Waals surface area contributed by atoms with E-state index in [4.69, 9.17) is 11.6 Å². The Morgan fingerprint density at radius 3 is 2.58 bits per heavy atom. The fraction of sp³-hybridized carbons (Fsp3) is 0.188. The highest BCUT2D eigenvalue weighted by Gasteiger charge is 2.07. The Morgan fingerprint density at radius 1 is 1.04 bits per heavy atom. The third-order valence-corrected chi connectivity index (χ3v) is 3.51. The number of aromatic nitrogens is 5. The van der Waals surface area contributed by atoms with Gasteiger partial charge in [0, 0.05) is 38.4 Å². The molecule has 0 aliphatic rings. The first kappa shape index (κ1) is 16.1. The van der Waals surface area contributed by atoms with E-state index < -0.39 is 0 Å². The molecule has 0 saturated heterocycles. The highest BCUT2D eigenvalue weighted by atomic mass is 35.5. The number of hydrogen-bond donors (Lipinski definition) is 1. The fourth-order valence-corrected chi connectivity index (χ4v) is 2.23. The Morgan fingerprint density at radius 2 is 1.83 bits per heavy atom. The summed E-state index contributed by atoms with van der Waals surface area (Å²) in [6.45, 7) is 0.786. The number of halogens is 1. The molecule has 0 aliphatic carbocycles. The summed E-state index contributed by atoms with van der Waals surface area (Å²) in [4.78, 5) is 22.8. The molecule has 0 fully saturated rings. The van der Waals surface area contributed by atoms with Crippen molar-refractivity contribution in [1.29, 1.82) is 0 Å². The molecule has 0 saturated carbocycles. The molecule has 1 N–H and O–H groups in total. The van der Waals surface area contributed by atoms with E-state index in [1.807, 2.05) is 24.2 Å². The maximum Gasteiger partial charge on any atom is 0.227 e. The van der Waals surface area contributed by atoms with Crippen molar-refractivity contribution < 1.29 is 0 Å². The number of nitrogens with one attached hydrogen (secondary N) is 1. The average molecular weight is 342 g/mol. The molecule has 0 unspecified atom stereocenters. The van der Waals surface area contributed by atoms with E-state index >= 15 is 0 Å². The van der Waals surface area contributed by atoms with Crippen LogP contribution in [0.25, 0.3) is 0 Å². The number of anilines is 3. The third kappa shape index (κ3) is 4.36. The van der Waals surface area contributed by atoms with Crippen molar-refractivity contribution in [2.75, 3.05) is 23.8 Å². The van der Waals surface area contributed by atoms with Gasteiger partial charge >= 0.3 is 0 Å². The highest BCUT2D eigenvalue weighted by Crippen LogP contribution is 2.15. The Labute approximate surface area is 144 Å². The van der Waals surface area contributed by atoms with Crippen molar-refractivity contribution in [2.24, 2.45) is 0 Å². The van der Waals surface area contributed by atoms with E-state index in [0.29, 0.717) is 17.6 Å². The zero-order chi connectivity index (χ0) is 16.8. The monoisotopic (exact) mass is 341 g/mol. The molecule has 24 heavy (non-hydrogen) atoms. The van der Waals surface area contributed by atoms with Gasteiger partial charge in [0.05, 0.1) is 0 Å². The maximum absolute atomic E-state index is 5.78. The van der Waals surface area contributed by atoms with Gasteiger partial charge in [-0.25, -0.2) is 15.0 Å². The summed E-state index contributed by atoms with van der Waals surface area (Å²) in [7, 11) is 1.96. The van der Waals surface area contributed by atoms with Crippen molar-refractivity contribution >= 4 is 29.2 Å². The van der Waals surface area contributed by atoms with Crippen LogP contribution in [0.15, 0.2) is 49.1 Å². The van der Waals surface area contributed by atoms with Crippen LogP contribution in [-0.4, -0.2) is 38.5 Å². The van der Waals surface area contributed by atoms with Crippen LogP contribution < -0.4 is 10.2 Å². The van der Waals surface area contributed by atoms with Crippen LogP contribution in [0.1, 0.15) is 5.56 Å². The molecule has 0 spiro atoms. The SMILES string of the molecule is CN(CCc1cccnc1)c1nccc(Nc2ccnc(Cl)n2)n1. The van der Waals surface area contributed by atoms with Gasteiger partial charge in [0.1, 0.15) is 11.6 Å². The van der Waals surface area contributed by atoms with E-state index in [9.17, 15) is 0 Å². The molecular weight excluding hydrogens is 326 g/mol. The smallest absolute Gasteiger partial charge is 0.227 e. The summed E-state index contributed by atoms with van der Waals surface area (Å²) in [5.41, 5.74) is 1.18. The predicted octanol–water partition coefficient (Wildman–Crippen LogP) is 2.74. The third-order valence-electron chi connectivity index (χ3n) is 3.33. The van der Waals surface area contributed by atoms with Crippen LogP contribution in [0, 0.1) is 0 Å². The summed E-state index contributed by atoms with van der Waals surface area (Å²) in [5, 5.41) is 3.27.